The fourth-order valence-corrected chi connectivity index (χ4v) is 3.61. The van der Waals surface area contributed by atoms with Gasteiger partial charge >= 0.3 is 6.03 Å². The van der Waals surface area contributed by atoms with Crippen LogP contribution < -0.4 is 0 Å². The van der Waals surface area contributed by atoms with E-state index in [0.29, 0.717) is 25.6 Å². The first-order valence-corrected chi connectivity index (χ1v) is 7.12. The van der Waals surface area contributed by atoms with Gasteiger partial charge in [0.25, 0.3) is 5.91 Å². The highest BCUT2D eigenvalue weighted by Gasteiger charge is 2.54. The highest BCUT2D eigenvalue weighted by Crippen LogP contribution is 2.35. The Labute approximate surface area is 111 Å². The van der Waals surface area contributed by atoms with Crippen LogP contribution in [0.1, 0.15) is 32.1 Å². The molecular weight excluding hydrogens is 246 g/mol. The highest BCUT2D eigenvalue weighted by atomic mass is 16.2. The minimum Gasteiger partial charge on any atom is -0.338 e. The number of likely N-dealkylation sites (tertiary alicyclic amines) is 1. The molecule has 4 amide bonds. The van der Waals surface area contributed by atoms with Crippen LogP contribution in [0.25, 0.3) is 0 Å². The molecule has 0 spiro atoms. The van der Waals surface area contributed by atoms with E-state index in [1.165, 1.54) is 4.90 Å². The van der Waals surface area contributed by atoms with Crippen molar-refractivity contribution in [2.75, 3.05) is 13.1 Å². The van der Waals surface area contributed by atoms with Crippen LogP contribution in [0, 0.1) is 0 Å². The van der Waals surface area contributed by atoms with E-state index < -0.39 is 6.04 Å². The summed E-state index contributed by atoms with van der Waals surface area (Å²) in [5, 5.41) is 0. The lowest BCUT2D eigenvalue weighted by atomic mass is 10.1. The molecule has 0 aromatic heterocycles. The first kappa shape index (κ1) is 11.3. The van der Waals surface area contributed by atoms with Crippen LogP contribution in [0.4, 0.5) is 4.79 Å². The second kappa shape index (κ2) is 3.71. The van der Waals surface area contributed by atoms with Crippen molar-refractivity contribution in [2.45, 2.75) is 50.2 Å². The predicted molar refractivity (Wildman–Crippen MR) is 65.1 cm³/mol. The molecule has 1 saturated carbocycles. The van der Waals surface area contributed by atoms with Crippen LogP contribution in [0.15, 0.2) is 0 Å². The van der Waals surface area contributed by atoms with Gasteiger partial charge in [-0.3, -0.25) is 9.59 Å². The van der Waals surface area contributed by atoms with E-state index in [0.717, 1.165) is 25.7 Å². The van der Waals surface area contributed by atoms with Crippen LogP contribution >= 0.6 is 0 Å². The van der Waals surface area contributed by atoms with E-state index in [9.17, 15) is 14.4 Å². The Morgan fingerprint density at radius 3 is 2.26 bits per heavy atom. The zero-order chi connectivity index (χ0) is 13.1. The Bertz CT molecular complexity index is 452. The van der Waals surface area contributed by atoms with Crippen molar-refractivity contribution < 1.29 is 14.4 Å². The van der Waals surface area contributed by atoms with Gasteiger partial charge in [-0.05, 0) is 32.1 Å². The summed E-state index contributed by atoms with van der Waals surface area (Å²) >= 11 is 0. The van der Waals surface area contributed by atoms with Gasteiger partial charge in [-0.2, -0.15) is 0 Å². The molecule has 4 aliphatic rings. The Morgan fingerprint density at radius 2 is 1.58 bits per heavy atom. The minimum atomic E-state index is -0.536. The fourth-order valence-electron chi connectivity index (χ4n) is 3.61. The van der Waals surface area contributed by atoms with Crippen molar-refractivity contribution in [1.82, 2.24) is 14.7 Å². The fraction of sp³-hybridized carbons (Fsp3) is 0.769. The number of amides is 4. The maximum absolute atomic E-state index is 12.3. The van der Waals surface area contributed by atoms with Gasteiger partial charge in [0.1, 0.15) is 12.1 Å². The summed E-state index contributed by atoms with van der Waals surface area (Å²) in [4.78, 5) is 41.7. The van der Waals surface area contributed by atoms with Gasteiger partial charge in [-0.15, -0.1) is 0 Å². The van der Waals surface area contributed by atoms with Crippen molar-refractivity contribution in [1.29, 1.82) is 0 Å². The lowest BCUT2D eigenvalue weighted by Crippen LogP contribution is -2.46. The van der Waals surface area contributed by atoms with Crippen molar-refractivity contribution >= 4 is 17.8 Å². The number of urea groups is 1. The molecule has 6 heteroatoms. The molecule has 0 radical (unpaired) electrons. The smallest absolute Gasteiger partial charge is 0.328 e. The van der Waals surface area contributed by atoms with Gasteiger partial charge in [0.15, 0.2) is 0 Å². The summed E-state index contributed by atoms with van der Waals surface area (Å²) < 4.78 is 0. The molecule has 6 nitrogen and oxygen atoms in total. The Morgan fingerprint density at radius 1 is 0.789 bits per heavy atom. The van der Waals surface area contributed by atoms with Gasteiger partial charge in [0.2, 0.25) is 5.91 Å². The van der Waals surface area contributed by atoms with Crippen LogP contribution in [0.2, 0.25) is 0 Å². The second-order valence-corrected chi connectivity index (χ2v) is 5.91. The molecule has 4 rings (SSSR count). The number of carbonyl (C=O) groups is 3. The molecular formula is C13H17N3O3. The van der Waals surface area contributed by atoms with Gasteiger partial charge in [0, 0.05) is 19.1 Å². The lowest BCUT2D eigenvalue weighted by Gasteiger charge is -2.22. The molecule has 0 bridgehead atoms. The van der Waals surface area contributed by atoms with E-state index in [1.807, 2.05) is 4.90 Å². The number of carbonyl (C=O) groups excluding carboxylic acids is 3. The monoisotopic (exact) mass is 263 g/mol. The lowest BCUT2D eigenvalue weighted by molar-refractivity contribution is -0.138. The molecule has 1 aliphatic carbocycles. The third kappa shape index (κ3) is 1.45. The van der Waals surface area contributed by atoms with Gasteiger partial charge in [0.05, 0.1) is 0 Å². The average molecular weight is 263 g/mol. The molecule has 0 N–H and O–H groups in total. The van der Waals surface area contributed by atoms with Crippen molar-refractivity contribution in [3.63, 3.8) is 0 Å². The highest BCUT2D eigenvalue weighted by molar-refractivity contribution is 6.08. The SMILES string of the molecule is O=C1[C@@H](N2C(=O)[C@H]3CCCN3C2=O)CCN1C1CC1. The van der Waals surface area contributed by atoms with Crippen LogP contribution in [-0.2, 0) is 9.59 Å². The second-order valence-electron chi connectivity index (χ2n) is 5.91. The van der Waals surface area contributed by atoms with E-state index >= 15 is 0 Å². The Hall–Kier alpha value is -1.59. The van der Waals surface area contributed by atoms with Crippen molar-refractivity contribution in [3.8, 4) is 0 Å². The largest absolute Gasteiger partial charge is 0.338 e. The molecule has 2 atom stereocenters. The molecule has 0 aromatic rings. The zero-order valence-electron chi connectivity index (χ0n) is 10.7. The van der Waals surface area contributed by atoms with Crippen molar-refractivity contribution in [3.05, 3.63) is 0 Å². The zero-order valence-corrected chi connectivity index (χ0v) is 10.7. The number of hydrogen-bond donors (Lipinski definition) is 0. The molecule has 0 unspecified atom stereocenters. The van der Waals surface area contributed by atoms with Crippen LogP contribution in [0.3, 0.4) is 0 Å². The van der Waals surface area contributed by atoms with Crippen LogP contribution in [-0.4, -0.2) is 63.8 Å². The number of hydrogen-bond acceptors (Lipinski definition) is 3. The predicted octanol–water partition coefficient (Wildman–Crippen LogP) is 0.176. The Balaban J connectivity index is 1.58. The summed E-state index contributed by atoms with van der Waals surface area (Å²) in [6, 6.07) is -0.713. The molecule has 3 heterocycles. The maximum atomic E-state index is 12.3. The maximum Gasteiger partial charge on any atom is 0.328 e. The van der Waals surface area contributed by atoms with Crippen molar-refractivity contribution in [2.24, 2.45) is 0 Å². The third-order valence-corrected chi connectivity index (χ3v) is 4.74. The van der Waals surface area contributed by atoms with E-state index in [2.05, 4.69) is 0 Å². The molecule has 0 aromatic carbocycles. The first-order chi connectivity index (χ1) is 9.18. The summed E-state index contributed by atoms with van der Waals surface area (Å²) in [6.45, 7) is 1.34. The number of rotatable bonds is 2. The summed E-state index contributed by atoms with van der Waals surface area (Å²) in [5.74, 6) is -0.177. The molecule has 102 valence electrons. The number of fused-ring (bicyclic) bond motifs is 1. The van der Waals surface area contributed by atoms with E-state index in [-0.39, 0.29) is 23.9 Å². The quantitative estimate of drug-likeness (QED) is 0.668. The molecule has 3 saturated heterocycles. The average Bonchev–Trinajstić information content (AvgIpc) is 2.91. The van der Waals surface area contributed by atoms with E-state index in [1.54, 1.807) is 4.90 Å². The van der Waals surface area contributed by atoms with Gasteiger partial charge in [-0.1, -0.05) is 0 Å². The third-order valence-electron chi connectivity index (χ3n) is 4.74. The molecule has 19 heavy (non-hydrogen) atoms. The van der Waals surface area contributed by atoms with Gasteiger partial charge in [-0.25, -0.2) is 9.69 Å². The van der Waals surface area contributed by atoms with Gasteiger partial charge < -0.3 is 9.80 Å². The normalized spacial score (nSPS) is 34.7. The summed E-state index contributed by atoms with van der Waals surface area (Å²) in [7, 11) is 0. The van der Waals surface area contributed by atoms with E-state index in [4.69, 9.17) is 0 Å². The molecule has 4 fully saturated rings. The Kier molecular flexibility index (Phi) is 2.20. The molecule has 3 aliphatic heterocycles. The number of nitrogens with zero attached hydrogens (tertiary/aromatic N) is 3. The topological polar surface area (TPSA) is 60.9 Å². The number of imide groups is 1. The summed E-state index contributed by atoms with van der Waals surface area (Å²) in [5.41, 5.74) is 0. The van der Waals surface area contributed by atoms with Crippen LogP contribution in [0.5, 0.6) is 0 Å². The first-order valence-electron chi connectivity index (χ1n) is 7.12. The summed E-state index contributed by atoms with van der Waals surface area (Å²) in [6.07, 6.45) is 4.37. The standard InChI is InChI=1S/C13H17N3O3/c17-11-10(5-7-14(11)8-3-4-8)16-12(18)9-2-1-6-15(9)13(16)19/h8-10H,1-7H2/t9-,10+/m1/s1. The minimum absolute atomic E-state index is 0.0228.